The number of ether oxygens (including phenoxy) is 1. The highest BCUT2D eigenvalue weighted by atomic mass is 32.2. The zero-order valence-electron chi connectivity index (χ0n) is 24.5. The molecule has 0 spiro atoms. The average Bonchev–Trinajstić information content (AvgIpc) is 2.92. The molecule has 1 N–H and O–H groups in total. The lowest BCUT2D eigenvalue weighted by Crippen LogP contribution is -2.44. The van der Waals surface area contributed by atoms with Crippen LogP contribution >= 0.6 is 0 Å². The molecule has 1 saturated heterocycles. The summed E-state index contributed by atoms with van der Waals surface area (Å²) in [5.41, 5.74) is 1.69. The molecule has 4 rings (SSSR count). The summed E-state index contributed by atoms with van der Waals surface area (Å²) in [4.78, 5) is 13.0. The van der Waals surface area contributed by atoms with Crippen LogP contribution in [0.2, 0.25) is 0 Å². The highest BCUT2D eigenvalue weighted by Gasteiger charge is 2.38. The molecule has 1 saturated carbocycles. The zero-order valence-corrected chi connectivity index (χ0v) is 25.3. The molecule has 1 aliphatic carbocycles. The summed E-state index contributed by atoms with van der Waals surface area (Å²) in [6.45, 7) is 5.75. The van der Waals surface area contributed by atoms with Crippen LogP contribution < -0.4 is 15.0 Å². The van der Waals surface area contributed by atoms with E-state index in [4.69, 9.17) is 4.74 Å². The van der Waals surface area contributed by atoms with Crippen LogP contribution in [-0.4, -0.2) is 87.3 Å². The number of nitrogens with one attached hydrogen (secondary N) is 1. The zero-order chi connectivity index (χ0) is 29.9. The molecule has 228 valence electrons. The Morgan fingerprint density at radius 3 is 2.44 bits per heavy atom. The lowest BCUT2D eigenvalue weighted by Gasteiger charge is -2.37. The van der Waals surface area contributed by atoms with E-state index >= 15 is 0 Å². The van der Waals surface area contributed by atoms with Gasteiger partial charge in [-0.25, -0.2) is 22.7 Å². The fourth-order valence-electron chi connectivity index (χ4n) is 5.89. The standard InChI is InChI=1S/C28H41F3N6O3S/c1-6-19-15-23(26(40-4)17-25(19)37-13-11-35(2)12-14-37)34-27-32-18-21(28(29,30)31)22(33-27)16-20-9-7-8-10-24(20)36(3)41(5,38)39/h15,17-18,20,24H,6-14,16H2,1-5H3,(H,32,33,34)/t20-,24+/m0/s1. The molecule has 9 nitrogen and oxygen atoms in total. The van der Waals surface area contributed by atoms with Gasteiger partial charge in [0.2, 0.25) is 16.0 Å². The smallest absolute Gasteiger partial charge is 0.419 e. The van der Waals surface area contributed by atoms with Gasteiger partial charge in [0.15, 0.2) is 0 Å². The third-order valence-electron chi connectivity index (χ3n) is 8.36. The number of sulfonamides is 1. The fraction of sp³-hybridized carbons (Fsp3) is 0.643. The van der Waals surface area contributed by atoms with Gasteiger partial charge in [0.25, 0.3) is 0 Å². The van der Waals surface area contributed by atoms with Crippen molar-refractivity contribution in [2.45, 2.75) is 57.7 Å². The van der Waals surface area contributed by atoms with Gasteiger partial charge in [-0.15, -0.1) is 0 Å². The molecule has 2 fully saturated rings. The first-order valence-electron chi connectivity index (χ1n) is 14.1. The van der Waals surface area contributed by atoms with Crippen molar-refractivity contribution in [2.24, 2.45) is 5.92 Å². The van der Waals surface area contributed by atoms with E-state index in [-0.39, 0.29) is 30.0 Å². The predicted octanol–water partition coefficient (Wildman–Crippen LogP) is 4.55. The summed E-state index contributed by atoms with van der Waals surface area (Å²) in [7, 11) is 1.66. The van der Waals surface area contributed by atoms with Crippen molar-refractivity contribution in [2.75, 3.05) is 63.9 Å². The molecular weight excluding hydrogens is 557 g/mol. The maximum absolute atomic E-state index is 14.0. The number of anilines is 3. The number of halogens is 3. The van der Waals surface area contributed by atoms with Crippen LogP contribution in [0, 0.1) is 5.92 Å². The molecular formula is C28H41F3N6O3S. The lowest BCUT2D eigenvalue weighted by molar-refractivity contribution is -0.138. The first-order chi connectivity index (χ1) is 19.3. The number of hydrogen-bond acceptors (Lipinski definition) is 8. The summed E-state index contributed by atoms with van der Waals surface area (Å²) in [5.74, 6) is 0.282. The molecule has 0 radical (unpaired) electrons. The molecule has 1 aliphatic heterocycles. The minimum atomic E-state index is -4.64. The fourth-order valence-corrected chi connectivity index (χ4v) is 6.66. The van der Waals surface area contributed by atoms with Gasteiger partial charge >= 0.3 is 6.18 Å². The van der Waals surface area contributed by atoms with E-state index in [1.807, 2.05) is 12.1 Å². The first kappa shape index (κ1) is 31.3. The molecule has 1 aromatic carbocycles. The Kier molecular flexibility index (Phi) is 9.70. The Morgan fingerprint density at radius 2 is 1.83 bits per heavy atom. The van der Waals surface area contributed by atoms with Gasteiger partial charge in [0.05, 0.1) is 30.3 Å². The Labute approximate surface area is 241 Å². The second kappa shape index (κ2) is 12.7. The minimum Gasteiger partial charge on any atom is -0.494 e. The summed E-state index contributed by atoms with van der Waals surface area (Å²) in [5, 5.41) is 3.10. The first-order valence-corrected chi connectivity index (χ1v) is 15.9. The Morgan fingerprint density at radius 1 is 1.15 bits per heavy atom. The maximum atomic E-state index is 14.0. The number of alkyl halides is 3. The van der Waals surface area contributed by atoms with Gasteiger partial charge in [-0.3, -0.25) is 0 Å². The molecule has 0 bridgehead atoms. The third-order valence-corrected chi connectivity index (χ3v) is 9.68. The maximum Gasteiger partial charge on any atom is 0.419 e. The molecule has 41 heavy (non-hydrogen) atoms. The molecule has 2 atom stereocenters. The number of aryl methyl sites for hydroxylation is 1. The Balaban J connectivity index is 1.66. The largest absolute Gasteiger partial charge is 0.494 e. The van der Waals surface area contributed by atoms with Gasteiger partial charge in [0, 0.05) is 57.2 Å². The topological polar surface area (TPSA) is 90.9 Å². The molecule has 2 heterocycles. The number of methoxy groups -OCH3 is 1. The van der Waals surface area contributed by atoms with E-state index in [0.717, 1.165) is 69.1 Å². The van der Waals surface area contributed by atoms with Crippen molar-refractivity contribution in [3.8, 4) is 5.75 Å². The number of piperazine rings is 1. The van der Waals surface area contributed by atoms with Crippen LogP contribution in [-0.2, 0) is 29.0 Å². The Bertz CT molecular complexity index is 1320. The lowest BCUT2D eigenvalue weighted by atomic mass is 9.81. The molecule has 1 aromatic heterocycles. The van der Waals surface area contributed by atoms with Crippen molar-refractivity contribution >= 4 is 27.3 Å². The molecule has 13 heteroatoms. The van der Waals surface area contributed by atoms with Crippen molar-refractivity contribution in [3.05, 3.63) is 35.2 Å². The number of rotatable bonds is 9. The number of nitrogens with zero attached hydrogens (tertiary/aromatic N) is 5. The highest BCUT2D eigenvalue weighted by molar-refractivity contribution is 7.88. The molecule has 0 amide bonds. The van der Waals surface area contributed by atoms with Crippen LogP contribution in [0.4, 0.5) is 30.5 Å². The second-order valence-corrected chi connectivity index (χ2v) is 13.1. The van der Waals surface area contributed by atoms with Gasteiger partial charge in [0.1, 0.15) is 5.75 Å². The average molecular weight is 599 g/mol. The van der Waals surface area contributed by atoms with Crippen LogP contribution in [0.5, 0.6) is 5.75 Å². The predicted molar refractivity (Wildman–Crippen MR) is 154 cm³/mol. The summed E-state index contributed by atoms with van der Waals surface area (Å²) in [6.07, 6.45) is 0.928. The Hall–Kier alpha value is -2.64. The van der Waals surface area contributed by atoms with Crippen molar-refractivity contribution in [1.82, 2.24) is 19.2 Å². The van der Waals surface area contributed by atoms with E-state index in [1.165, 1.54) is 11.4 Å². The normalized spacial score (nSPS) is 20.9. The quantitative estimate of drug-likeness (QED) is 0.450. The van der Waals surface area contributed by atoms with E-state index in [0.29, 0.717) is 24.3 Å². The van der Waals surface area contributed by atoms with Crippen LogP contribution in [0.25, 0.3) is 0 Å². The summed E-state index contributed by atoms with van der Waals surface area (Å²) in [6, 6.07) is 3.52. The van der Waals surface area contributed by atoms with Gasteiger partial charge < -0.3 is 19.9 Å². The minimum absolute atomic E-state index is 0.00371. The van der Waals surface area contributed by atoms with E-state index in [2.05, 4.69) is 39.1 Å². The number of benzene rings is 1. The van der Waals surface area contributed by atoms with Gasteiger partial charge in [-0.1, -0.05) is 19.8 Å². The van der Waals surface area contributed by atoms with Crippen LogP contribution in [0.1, 0.15) is 49.4 Å². The van der Waals surface area contributed by atoms with E-state index in [9.17, 15) is 21.6 Å². The molecule has 0 unspecified atom stereocenters. The molecule has 2 aromatic rings. The molecule has 2 aliphatic rings. The summed E-state index contributed by atoms with van der Waals surface area (Å²) < 4.78 is 73.6. The van der Waals surface area contributed by atoms with Crippen molar-refractivity contribution in [1.29, 1.82) is 0 Å². The van der Waals surface area contributed by atoms with Crippen molar-refractivity contribution < 1.29 is 26.3 Å². The van der Waals surface area contributed by atoms with Crippen molar-refractivity contribution in [3.63, 3.8) is 0 Å². The van der Waals surface area contributed by atoms with Gasteiger partial charge in [-0.05, 0) is 50.3 Å². The van der Waals surface area contributed by atoms with Crippen LogP contribution in [0.3, 0.4) is 0 Å². The SMILES string of the molecule is CCc1cc(Nc2ncc(C(F)(F)F)c(C[C@@H]3CCCC[C@H]3N(C)S(C)(=O)=O)n2)c(OC)cc1N1CCN(C)CC1. The second-order valence-electron chi connectivity index (χ2n) is 11.1. The highest BCUT2D eigenvalue weighted by Crippen LogP contribution is 2.38. The number of likely N-dealkylation sites (N-methyl/N-ethyl adjacent to an activating group) is 1. The third kappa shape index (κ3) is 7.42. The van der Waals surface area contributed by atoms with E-state index in [1.54, 1.807) is 7.11 Å². The van der Waals surface area contributed by atoms with E-state index < -0.39 is 21.8 Å². The van der Waals surface area contributed by atoms with Gasteiger partial charge in [-0.2, -0.15) is 13.2 Å². The van der Waals surface area contributed by atoms with Crippen LogP contribution in [0.15, 0.2) is 18.3 Å². The summed E-state index contributed by atoms with van der Waals surface area (Å²) >= 11 is 0. The monoisotopic (exact) mass is 598 g/mol. The number of aromatic nitrogens is 2. The number of hydrogen-bond donors (Lipinski definition) is 1.